The van der Waals surface area contributed by atoms with Gasteiger partial charge in [0.25, 0.3) is 0 Å². The first-order valence-electron chi connectivity index (χ1n) is 6.18. The first-order valence-corrected chi connectivity index (χ1v) is 6.18. The van der Waals surface area contributed by atoms with Crippen LogP contribution in [-0.4, -0.2) is 49.1 Å². The smallest absolute Gasteiger partial charge is 0.0224 e. The molecule has 0 saturated carbocycles. The highest BCUT2D eigenvalue weighted by molar-refractivity contribution is 4.92. The van der Waals surface area contributed by atoms with Crippen molar-refractivity contribution in [3.63, 3.8) is 0 Å². The van der Waals surface area contributed by atoms with E-state index in [0.717, 1.165) is 12.1 Å². The van der Waals surface area contributed by atoms with Gasteiger partial charge in [0.05, 0.1) is 0 Å². The average molecular weight is 200 g/mol. The molecule has 2 unspecified atom stereocenters. The molecule has 2 heterocycles. The summed E-state index contributed by atoms with van der Waals surface area (Å²) in [5.41, 5.74) is 0. The standard InChI is InChI=1S/C8H16N2.2C2H6/c1-9-5-7-3-4-8(6-9)10(7)2;2*1-2/h7-8H,3-6H2,1-2H3;2*1-2H3. The maximum absolute atomic E-state index is 2.56. The van der Waals surface area contributed by atoms with Crippen LogP contribution in [0.5, 0.6) is 0 Å². The first-order chi connectivity index (χ1) is 6.77. The molecule has 0 amide bonds. The van der Waals surface area contributed by atoms with Gasteiger partial charge in [-0.2, -0.15) is 0 Å². The van der Waals surface area contributed by atoms with Gasteiger partial charge in [-0.3, -0.25) is 4.90 Å². The lowest BCUT2D eigenvalue weighted by atomic mass is 10.2. The van der Waals surface area contributed by atoms with Gasteiger partial charge >= 0.3 is 0 Å². The lowest BCUT2D eigenvalue weighted by molar-refractivity contribution is 0.107. The Morgan fingerprint density at radius 1 is 0.786 bits per heavy atom. The van der Waals surface area contributed by atoms with E-state index in [1.807, 2.05) is 27.7 Å². The van der Waals surface area contributed by atoms with Gasteiger partial charge in [0, 0.05) is 25.2 Å². The number of nitrogens with zero attached hydrogens (tertiary/aromatic N) is 2. The van der Waals surface area contributed by atoms with Crippen LogP contribution in [0.2, 0.25) is 0 Å². The van der Waals surface area contributed by atoms with E-state index < -0.39 is 0 Å². The Morgan fingerprint density at radius 3 is 1.50 bits per heavy atom. The van der Waals surface area contributed by atoms with E-state index in [1.54, 1.807) is 0 Å². The van der Waals surface area contributed by atoms with Crippen molar-refractivity contribution in [3.05, 3.63) is 0 Å². The van der Waals surface area contributed by atoms with Gasteiger partial charge in [-0.1, -0.05) is 27.7 Å². The van der Waals surface area contributed by atoms with Crippen molar-refractivity contribution in [2.75, 3.05) is 27.2 Å². The van der Waals surface area contributed by atoms with Crippen LogP contribution in [0, 0.1) is 0 Å². The zero-order chi connectivity index (χ0) is 11.1. The number of likely N-dealkylation sites (N-methyl/N-ethyl adjacent to an activating group) is 2. The number of rotatable bonds is 0. The van der Waals surface area contributed by atoms with Gasteiger partial charge < -0.3 is 4.90 Å². The van der Waals surface area contributed by atoms with Crippen LogP contribution in [0.1, 0.15) is 40.5 Å². The third-order valence-corrected chi connectivity index (χ3v) is 3.03. The maximum Gasteiger partial charge on any atom is 0.0224 e. The lowest BCUT2D eigenvalue weighted by Crippen LogP contribution is -2.50. The molecule has 86 valence electrons. The van der Waals surface area contributed by atoms with Crippen molar-refractivity contribution in [3.8, 4) is 0 Å². The van der Waals surface area contributed by atoms with E-state index in [2.05, 4.69) is 23.9 Å². The van der Waals surface area contributed by atoms with Crippen molar-refractivity contribution in [1.82, 2.24) is 9.80 Å². The summed E-state index contributed by atoms with van der Waals surface area (Å²) in [6.07, 6.45) is 2.84. The van der Waals surface area contributed by atoms with Gasteiger partial charge in [-0.05, 0) is 26.9 Å². The number of hydrogen-bond donors (Lipinski definition) is 0. The molecule has 0 spiro atoms. The van der Waals surface area contributed by atoms with Crippen molar-refractivity contribution >= 4 is 0 Å². The zero-order valence-corrected chi connectivity index (χ0v) is 10.9. The van der Waals surface area contributed by atoms with Crippen molar-refractivity contribution in [2.24, 2.45) is 0 Å². The molecule has 2 fully saturated rings. The molecule has 14 heavy (non-hydrogen) atoms. The van der Waals surface area contributed by atoms with Crippen molar-refractivity contribution < 1.29 is 0 Å². The molecule has 0 aromatic rings. The minimum absolute atomic E-state index is 0.865. The van der Waals surface area contributed by atoms with Crippen LogP contribution >= 0.6 is 0 Å². The van der Waals surface area contributed by atoms with Crippen LogP contribution in [0.15, 0.2) is 0 Å². The molecule has 0 aromatic heterocycles. The molecule has 2 bridgehead atoms. The minimum Gasteiger partial charge on any atom is -0.303 e. The molecule has 2 atom stereocenters. The van der Waals surface area contributed by atoms with Crippen LogP contribution < -0.4 is 0 Å². The SMILES string of the molecule is CC.CC.CN1CC2CCC(C1)N2C. The summed E-state index contributed by atoms with van der Waals surface area (Å²) in [6, 6.07) is 1.73. The first kappa shape index (κ1) is 13.9. The van der Waals surface area contributed by atoms with Gasteiger partial charge in [0.1, 0.15) is 0 Å². The summed E-state index contributed by atoms with van der Waals surface area (Å²) in [7, 11) is 4.51. The van der Waals surface area contributed by atoms with E-state index in [1.165, 1.54) is 25.9 Å². The third-order valence-electron chi connectivity index (χ3n) is 3.03. The van der Waals surface area contributed by atoms with Crippen LogP contribution in [0.25, 0.3) is 0 Å². The largest absolute Gasteiger partial charge is 0.303 e. The normalized spacial score (nSPS) is 31.3. The summed E-state index contributed by atoms with van der Waals surface area (Å²) < 4.78 is 0. The molecule has 0 N–H and O–H groups in total. The van der Waals surface area contributed by atoms with Crippen LogP contribution in [0.3, 0.4) is 0 Å². The van der Waals surface area contributed by atoms with Crippen molar-refractivity contribution in [1.29, 1.82) is 0 Å². The molecule has 0 aromatic carbocycles. The fourth-order valence-corrected chi connectivity index (χ4v) is 2.32. The molecule has 2 aliphatic heterocycles. The van der Waals surface area contributed by atoms with E-state index >= 15 is 0 Å². The molecule has 2 rings (SSSR count). The average Bonchev–Trinajstić information content (AvgIpc) is 2.46. The number of piperazine rings is 1. The van der Waals surface area contributed by atoms with Crippen LogP contribution in [-0.2, 0) is 0 Å². The topological polar surface area (TPSA) is 6.48 Å². The highest BCUT2D eigenvalue weighted by Crippen LogP contribution is 2.27. The maximum atomic E-state index is 2.56. The van der Waals surface area contributed by atoms with Gasteiger partial charge in [0.15, 0.2) is 0 Å². The fourth-order valence-electron chi connectivity index (χ4n) is 2.32. The number of hydrogen-bond acceptors (Lipinski definition) is 2. The molecule has 2 nitrogen and oxygen atoms in total. The fraction of sp³-hybridized carbons (Fsp3) is 1.00. The Balaban J connectivity index is 0.000000379. The Hall–Kier alpha value is -0.0800. The van der Waals surface area contributed by atoms with Gasteiger partial charge in [-0.25, -0.2) is 0 Å². The highest BCUT2D eigenvalue weighted by Gasteiger charge is 2.35. The summed E-state index contributed by atoms with van der Waals surface area (Å²) >= 11 is 0. The minimum atomic E-state index is 0.865. The monoisotopic (exact) mass is 200 g/mol. The second-order valence-electron chi connectivity index (χ2n) is 3.77. The Kier molecular flexibility index (Phi) is 7.20. The molecular formula is C12H28N2. The lowest BCUT2D eigenvalue weighted by Gasteiger charge is -2.36. The van der Waals surface area contributed by atoms with Gasteiger partial charge in [0.2, 0.25) is 0 Å². The van der Waals surface area contributed by atoms with Crippen LogP contribution in [0.4, 0.5) is 0 Å². The quantitative estimate of drug-likeness (QED) is 0.592. The van der Waals surface area contributed by atoms with Crippen molar-refractivity contribution in [2.45, 2.75) is 52.6 Å². The molecule has 2 heteroatoms. The van der Waals surface area contributed by atoms with E-state index in [-0.39, 0.29) is 0 Å². The highest BCUT2D eigenvalue weighted by atomic mass is 15.3. The second kappa shape index (κ2) is 7.24. The van der Waals surface area contributed by atoms with Gasteiger partial charge in [-0.15, -0.1) is 0 Å². The molecule has 2 saturated heterocycles. The Bertz CT molecular complexity index is 122. The predicted octanol–water partition coefficient (Wildman–Crippen LogP) is 2.45. The molecule has 2 aliphatic rings. The third kappa shape index (κ3) is 3.25. The summed E-state index contributed by atoms with van der Waals surface area (Å²) in [6.45, 7) is 10.6. The Morgan fingerprint density at radius 2 is 1.14 bits per heavy atom. The zero-order valence-electron chi connectivity index (χ0n) is 10.9. The summed E-state index contributed by atoms with van der Waals surface area (Å²) in [5.74, 6) is 0. The summed E-state index contributed by atoms with van der Waals surface area (Å²) in [4.78, 5) is 5.02. The second-order valence-corrected chi connectivity index (χ2v) is 3.77. The van der Waals surface area contributed by atoms with E-state index in [0.29, 0.717) is 0 Å². The molecule has 0 aliphatic carbocycles. The molecular weight excluding hydrogens is 172 g/mol. The molecule has 0 radical (unpaired) electrons. The number of likely N-dealkylation sites (tertiary alicyclic amines) is 1. The van der Waals surface area contributed by atoms with E-state index in [4.69, 9.17) is 0 Å². The number of fused-ring (bicyclic) bond motifs is 2. The predicted molar refractivity (Wildman–Crippen MR) is 64.8 cm³/mol. The van der Waals surface area contributed by atoms with E-state index in [9.17, 15) is 0 Å². The Labute approximate surface area is 90.3 Å². The summed E-state index contributed by atoms with van der Waals surface area (Å²) in [5, 5.41) is 0.